The quantitative estimate of drug-likeness (QED) is 0.237. The van der Waals surface area contributed by atoms with Gasteiger partial charge in [0, 0.05) is 48.3 Å². The number of hydrogen-bond donors (Lipinski definition) is 1. The molecule has 1 saturated heterocycles. The van der Waals surface area contributed by atoms with E-state index in [9.17, 15) is 27.6 Å². The summed E-state index contributed by atoms with van der Waals surface area (Å²) in [4.78, 5) is 55.6. The lowest BCUT2D eigenvalue weighted by atomic mass is 9.96. The van der Waals surface area contributed by atoms with Crippen LogP contribution in [0.15, 0.2) is 36.7 Å². The first kappa shape index (κ1) is 35.7. The van der Waals surface area contributed by atoms with E-state index in [2.05, 4.69) is 26.3 Å². The van der Waals surface area contributed by atoms with Gasteiger partial charge in [0.05, 0.1) is 12.1 Å². The first-order valence-electron chi connectivity index (χ1n) is 17.9. The standard InChI is InChI=1S/C38H42F3N7O4/c1-21-11-12-30(38(39,40)41)44-35(21)45-36(51)29-16-37-20-52-13-9-7-5-6-8-10-25-14-26(27-17-42-24(4)43-18-27)15-28-32(23(3)49)46-47(33(25)28)19-31(50)48(29)34(37)22(37)2/h11-12,14-15,17-18,22,29,34H,5-10,13,16,19-20H2,1-4H3,(H,44,45,51)/t22-,29-,34+,37+/m0/s1. The smallest absolute Gasteiger partial charge is 0.381 e. The average molecular weight is 718 g/mol. The predicted molar refractivity (Wildman–Crippen MR) is 186 cm³/mol. The highest BCUT2D eigenvalue weighted by atomic mass is 19.4. The van der Waals surface area contributed by atoms with Crippen LogP contribution in [-0.4, -0.2) is 72.5 Å². The number of rotatable bonds is 4. The Kier molecular flexibility index (Phi) is 9.39. The Morgan fingerprint density at radius 3 is 2.48 bits per heavy atom. The molecule has 274 valence electrons. The molecular weight excluding hydrogens is 675 g/mol. The third kappa shape index (κ3) is 6.57. The van der Waals surface area contributed by atoms with E-state index in [-0.39, 0.29) is 41.7 Å². The first-order chi connectivity index (χ1) is 24.8. The number of carbonyl (C=O) groups is 3. The van der Waals surface area contributed by atoms with Crippen molar-refractivity contribution in [1.82, 2.24) is 29.6 Å². The number of nitrogens with zero attached hydrogens (tertiary/aromatic N) is 6. The largest absolute Gasteiger partial charge is 0.433 e. The van der Waals surface area contributed by atoms with Crippen molar-refractivity contribution in [2.45, 2.75) is 97.4 Å². The molecule has 2 amide bonds. The van der Waals surface area contributed by atoms with E-state index in [1.165, 1.54) is 13.0 Å². The Bertz CT molecular complexity index is 2050. The predicted octanol–water partition coefficient (Wildman–Crippen LogP) is 6.49. The van der Waals surface area contributed by atoms with Gasteiger partial charge in [0.1, 0.15) is 35.6 Å². The van der Waals surface area contributed by atoms with E-state index in [1.807, 2.05) is 19.9 Å². The van der Waals surface area contributed by atoms with Crippen LogP contribution < -0.4 is 5.32 Å². The SMILES string of the molecule is CC(=O)c1nn2c3c(cc(-c4cnc(C)nc4)cc13)CCCCCCCOC[C@@]13C[C@@H](C(=O)Nc4nc(C(F)(F)F)ccc4C)N(C(=O)C2)[C@@H]1[C@@H]3C. The monoisotopic (exact) mass is 717 g/mol. The highest BCUT2D eigenvalue weighted by molar-refractivity contribution is 6.07. The van der Waals surface area contributed by atoms with Gasteiger partial charge in [-0.1, -0.05) is 32.3 Å². The van der Waals surface area contributed by atoms with Gasteiger partial charge in [-0.3, -0.25) is 19.1 Å². The number of halogens is 3. The molecule has 0 radical (unpaired) electrons. The number of nitrogens with one attached hydrogen (secondary N) is 1. The molecule has 2 bridgehead atoms. The summed E-state index contributed by atoms with van der Waals surface area (Å²) in [6.45, 7) is 7.53. The van der Waals surface area contributed by atoms with Crippen LogP contribution in [0.25, 0.3) is 22.0 Å². The summed E-state index contributed by atoms with van der Waals surface area (Å²) in [5.74, 6) is -0.781. The van der Waals surface area contributed by atoms with Crippen molar-refractivity contribution in [3.05, 3.63) is 65.0 Å². The number of ether oxygens (including phenoxy) is 1. The van der Waals surface area contributed by atoms with Crippen LogP contribution in [0.3, 0.4) is 0 Å². The van der Waals surface area contributed by atoms with E-state index in [0.717, 1.165) is 54.9 Å². The van der Waals surface area contributed by atoms with Crippen molar-refractivity contribution in [2.24, 2.45) is 11.3 Å². The fourth-order valence-electron chi connectivity index (χ4n) is 8.19. The van der Waals surface area contributed by atoms with E-state index < -0.39 is 29.2 Å². The molecule has 0 spiro atoms. The molecule has 0 unspecified atom stereocenters. The molecule has 4 atom stereocenters. The Labute approximate surface area is 299 Å². The number of carbonyl (C=O) groups excluding carboxylic acids is 3. The van der Waals surface area contributed by atoms with Crippen molar-refractivity contribution < 1.29 is 32.3 Å². The fraction of sp³-hybridized carbons (Fsp3) is 0.500. The van der Waals surface area contributed by atoms with Gasteiger partial charge in [-0.25, -0.2) is 15.0 Å². The van der Waals surface area contributed by atoms with Crippen molar-refractivity contribution in [3.63, 3.8) is 0 Å². The Balaban J connectivity index is 1.28. The number of Topliss-reactive ketones (excluding diaryl/α,β-unsaturated/α-hetero) is 1. The molecule has 3 aromatic heterocycles. The van der Waals surface area contributed by atoms with Crippen molar-refractivity contribution >= 4 is 34.3 Å². The molecule has 1 aromatic carbocycles. The maximum atomic E-state index is 14.5. The second-order valence-corrected chi connectivity index (χ2v) is 14.5. The highest BCUT2D eigenvalue weighted by Gasteiger charge is 2.72. The normalized spacial score (nSPS) is 24.0. The maximum Gasteiger partial charge on any atom is 0.433 e. The number of pyridine rings is 1. The third-order valence-corrected chi connectivity index (χ3v) is 11.1. The number of hydrogen-bond acceptors (Lipinski definition) is 8. The number of aryl methyl sites for hydroxylation is 3. The number of aromatic nitrogens is 5. The topological polar surface area (TPSA) is 132 Å². The lowest BCUT2D eigenvalue weighted by Gasteiger charge is -2.28. The van der Waals surface area contributed by atoms with Gasteiger partial charge in [0.15, 0.2) is 5.78 Å². The van der Waals surface area contributed by atoms with Crippen molar-refractivity contribution in [2.75, 3.05) is 18.5 Å². The highest BCUT2D eigenvalue weighted by Crippen LogP contribution is 2.64. The Hall–Kier alpha value is -4.72. The number of anilines is 1. The van der Waals surface area contributed by atoms with Gasteiger partial charge in [-0.2, -0.15) is 18.3 Å². The van der Waals surface area contributed by atoms with Gasteiger partial charge >= 0.3 is 6.18 Å². The summed E-state index contributed by atoms with van der Waals surface area (Å²) >= 11 is 0. The Morgan fingerprint density at radius 1 is 1.02 bits per heavy atom. The molecule has 2 aliphatic heterocycles. The zero-order valence-electron chi connectivity index (χ0n) is 29.7. The first-order valence-corrected chi connectivity index (χ1v) is 17.9. The number of alkyl halides is 3. The third-order valence-electron chi connectivity index (χ3n) is 11.1. The molecule has 5 heterocycles. The summed E-state index contributed by atoms with van der Waals surface area (Å²) in [5.41, 5.74) is 2.24. The van der Waals surface area contributed by atoms with Gasteiger partial charge < -0.3 is 15.0 Å². The molecule has 14 heteroatoms. The molecule has 11 nitrogen and oxygen atoms in total. The van der Waals surface area contributed by atoms with Gasteiger partial charge in [0.25, 0.3) is 0 Å². The zero-order chi connectivity index (χ0) is 36.9. The van der Waals surface area contributed by atoms with Crippen LogP contribution >= 0.6 is 0 Å². The maximum absolute atomic E-state index is 14.5. The molecular formula is C38H42F3N7O4. The molecule has 1 saturated carbocycles. The van der Waals surface area contributed by atoms with Gasteiger partial charge in [-0.15, -0.1) is 0 Å². The van der Waals surface area contributed by atoms with Crippen LogP contribution in [0.1, 0.15) is 85.5 Å². The Morgan fingerprint density at radius 2 is 1.75 bits per heavy atom. The molecule has 1 N–H and O–H groups in total. The van der Waals surface area contributed by atoms with Crippen LogP contribution in [0, 0.1) is 25.2 Å². The lowest BCUT2D eigenvalue weighted by Crippen LogP contribution is -2.47. The van der Waals surface area contributed by atoms with Crippen LogP contribution in [-0.2, 0) is 33.5 Å². The number of piperidine rings is 1. The summed E-state index contributed by atoms with van der Waals surface area (Å²) in [5, 5.41) is 7.93. The molecule has 2 fully saturated rings. The molecule has 7 rings (SSSR count). The number of ketones is 1. The molecule has 1 aliphatic carbocycles. The van der Waals surface area contributed by atoms with Crippen molar-refractivity contribution in [3.8, 4) is 11.1 Å². The van der Waals surface area contributed by atoms with E-state index in [0.29, 0.717) is 48.3 Å². The van der Waals surface area contributed by atoms with Crippen LogP contribution in [0.5, 0.6) is 0 Å². The summed E-state index contributed by atoms with van der Waals surface area (Å²) in [7, 11) is 0. The van der Waals surface area contributed by atoms with Crippen molar-refractivity contribution in [1.29, 1.82) is 0 Å². The van der Waals surface area contributed by atoms with Crippen LogP contribution in [0.2, 0.25) is 0 Å². The fourth-order valence-corrected chi connectivity index (χ4v) is 8.19. The minimum Gasteiger partial charge on any atom is -0.381 e. The van der Waals surface area contributed by atoms with Gasteiger partial charge in [-0.05, 0) is 80.3 Å². The second-order valence-electron chi connectivity index (χ2n) is 14.5. The molecule has 4 aromatic rings. The lowest BCUT2D eigenvalue weighted by molar-refractivity contribution is -0.141. The number of amides is 2. The average Bonchev–Trinajstić information content (AvgIpc) is 3.35. The minimum absolute atomic E-state index is 0.0322. The molecule has 52 heavy (non-hydrogen) atoms. The van der Waals surface area contributed by atoms with E-state index in [4.69, 9.17) is 9.84 Å². The summed E-state index contributed by atoms with van der Waals surface area (Å²) in [6.07, 6.45) is 4.56. The van der Waals surface area contributed by atoms with E-state index >= 15 is 0 Å². The van der Waals surface area contributed by atoms with Gasteiger partial charge in [0.2, 0.25) is 11.8 Å². The van der Waals surface area contributed by atoms with E-state index in [1.54, 1.807) is 28.9 Å². The second kappa shape index (κ2) is 13.7. The minimum atomic E-state index is -4.69. The molecule has 3 aliphatic rings. The number of benzene rings is 1. The van der Waals surface area contributed by atoms with Crippen LogP contribution in [0.4, 0.5) is 19.0 Å². The summed E-state index contributed by atoms with van der Waals surface area (Å²) < 4.78 is 48.3. The summed E-state index contributed by atoms with van der Waals surface area (Å²) in [6, 6.07) is 4.78. The zero-order valence-corrected chi connectivity index (χ0v) is 29.7.